The number of hydrogen-bond donors (Lipinski definition) is 1. The lowest BCUT2D eigenvalue weighted by Gasteiger charge is -2.19. The predicted octanol–water partition coefficient (Wildman–Crippen LogP) is 5.05. The number of anilines is 1. The summed E-state index contributed by atoms with van der Waals surface area (Å²) in [6.45, 7) is 5.45. The molecule has 2 rings (SSSR count). The van der Waals surface area contributed by atoms with Crippen molar-refractivity contribution in [2.45, 2.75) is 26.5 Å². The summed E-state index contributed by atoms with van der Waals surface area (Å²) in [6, 6.07) is 16.3. The molecule has 20 heavy (non-hydrogen) atoms. The Labute approximate surface area is 125 Å². The van der Waals surface area contributed by atoms with Crippen LogP contribution in [0.25, 0.3) is 0 Å². The van der Waals surface area contributed by atoms with Crippen LogP contribution in [-0.2, 0) is 11.3 Å². The molecular weight excluding hydrogens is 270 g/mol. The van der Waals surface area contributed by atoms with Crippen molar-refractivity contribution in [1.29, 1.82) is 0 Å². The molecule has 3 heteroatoms. The normalized spacial score (nSPS) is 12.2. The maximum absolute atomic E-state index is 6.24. The average molecular weight is 290 g/mol. The van der Waals surface area contributed by atoms with Crippen molar-refractivity contribution in [3.05, 3.63) is 64.7 Å². The molecule has 0 fully saturated rings. The number of ether oxygens (including phenoxy) is 1. The Bertz CT molecular complexity index is 556. The second-order valence-corrected chi connectivity index (χ2v) is 5.09. The summed E-state index contributed by atoms with van der Waals surface area (Å²) >= 11 is 6.24. The monoisotopic (exact) mass is 289 g/mol. The van der Waals surface area contributed by atoms with Gasteiger partial charge in [0, 0.05) is 22.9 Å². The second-order valence-electron chi connectivity index (χ2n) is 4.68. The minimum atomic E-state index is 0.145. The highest BCUT2D eigenvalue weighted by Crippen LogP contribution is 2.27. The fourth-order valence-electron chi connectivity index (χ4n) is 2.14. The van der Waals surface area contributed by atoms with Crippen molar-refractivity contribution < 1.29 is 4.74 Å². The van der Waals surface area contributed by atoms with Crippen molar-refractivity contribution in [1.82, 2.24) is 0 Å². The van der Waals surface area contributed by atoms with E-state index in [-0.39, 0.29) is 6.04 Å². The molecule has 1 atom stereocenters. The summed E-state index contributed by atoms with van der Waals surface area (Å²) in [5.41, 5.74) is 3.35. The van der Waals surface area contributed by atoms with E-state index in [0.29, 0.717) is 13.2 Å². The van der Waals surface area contributed by atoms with Crippen LogP contribution in [-0.4, -0.2) is 6.61 Å². The largest absolute Gasteiger partial charge is 0.378 e. The molecule has 0 heterocycles. The van der Waals surface area contributed by atoms with Crippen LogP contribution in [0, 0.1) is 0 Å². The fourth-order valence-corrected chi connectivity index (χ4v) is 2.44. The fraction of sp³-hybridized carbons (Fsp3) is 0.294. The van der Waals surface area contributed by atoms with E-state index in [4.69, 9.17) is 16.3 Å². The highest BCUT2D eigenvalue weighted by Gasteiger charge is 2.10. The van der Waals surface area contributed by atoms with Crippen LogP contribution < -0.4 is 5.32 Å². The molecule has 2 aromatic carbocycles. The van der Waals surface area contributed by atoms with E-state index in [1.165, 1.54) is 0 Å². The molecule has 0 saturated heterocycles. The van der Waals surface area contributed by atoms with Gasteiger partial charge in [0.05, 0.1) is 12.6 Å². The first-order valence-electron chi connectivity index (χ1n) is 6.89. The Morgan fingerprint density at radius 3 is 2.55 bits per heavy atom. The lowest BCUT2D eigenvalue weighted by molar-refractivity contribution is 0.134. The van der Waals surface area contributed by atoms with E-state index >= 15 is 0 Å². The number of para-hydroxylation sites is 1. The van der Waals surface area contributed by atoms with Crippen molar-refractivity contribution in [2.24, 2.45) is 0 Å². The maximum atomic E-state index is 6.24. The van der Waals surface area contributed by atoms with Gasteiger partial charge in [-0.3, -0.25) is 0 Å². The third-order valence-corrected chi connectivity index (χ3v) is 3.57. The number of hydrogen-bond acceptors (Lipinski definition) is 2. The maximum Gasteiger partial charge on any atom is 0.0736 e. The van der Waals surface area contributed by atoms with Crippen LogP contribution in [0.2, 0.25) is 5.02 Å². The average Bonchev–Trinajstić information content (AvgIpc) is 2.46. The van der Waals surface area contributed by atoms with Gasteiger partial charge < -0.3 is 10.1 Å². The van der Waals surface area contributed by atoms with E-state index in [2.05, 4.69) is 24.4 Å². The standard InChI is InChI=1S/C17H20ClNO/c1-3-20-12-14-8-4-7-11-17(14)19-13(2)15-9-5-6-10-16(15)18/h4-11,13,19H,3,12H2,1-2H3. The summed E-state index contributed by atoms with van der Waals surface area (Å²) in [6.07, 6.45) is 0. The molecule has 0 radical (unpaired) electrons. The van der Waals surface area contributed by atoms with E-state index in [0.717, 1.165) is 21.8 Å². The second kappa shape index (κ2) is 7.32. The van der Waals surface area contributed by atoms with Gasteiger partial charge in [0.1, 0.15) is 0 Å². The smallest absolute Gasteiger partial charge is 0.0736 e. The Kier molecular flexibility index (Phi) is 5.45. The van der Waals surface area contributed by atoms with Gasteiger partial charge in [0.15, 0.2) is 0 Å². The number of benzene rings is 2. The molecule has 1 unspecified atom stereocenters. The van der Waals surface area contributed by atoms with Gasteiger partial charge >= 0.3 is 0 Å². The highest BCUT2D eigenvalue weighted by molar-refractivity contribution is 6.31. The van der Waals surface area contributed by atoms with Gasteiger partial charge in [-0.2, -0.15) is 0 Å². The van der Waals surface area contributed by atoms with Gasteiger partial charge in [-0.1, -0.05) is 48.0 Å². The SMILES string of the molecule is CCOCc1ccccc1NC(C)c1ccccc1Cl. The van der Waals surface area contributed by atoms with Crippen molar-refractivity contribution in [3.63, 3.8) is 0 Å². The molecule has 0 aromatic heterocycles. The molecule has 0 spiro atoms. The predicted molar refractivity (Wildman–Crippen MR) is 85.3 cm³/mol. The first kappa shape index (κ1) is 14.9. The molecule has 0 saturated carbocycles. The van der Waals surface area contributed by atoms with Crippen LogP contribution >= 0.6 is 11.6 Å². The zero-order valence-electron chi connectivity index (χ0n) is 11.9. The summed E-state index contributed by atoms with van der Waals surface area (Å²) in [5, 5.41) is 4.30. The lowest BCUT2D eigenvalue weighted by Crippen LogP contribution is -2.09. The molecule has 0 aliphatic heterocycles. The first-order chi connectivity index (χ1) is 9.72. The number of nitrogens with one attached hydrogen (secondary N) is 1. The molecule has 1 N–H and O–H groups in total. The number of halogens is 1. The van der Waals surface area contributed by atoms with Gasteiger partial charge in [0.2, 0.25) is 0 Å². The third kappa shape index (κ3) is 3.75. The van der Waals surface area contributed by atoms with Gasteiger partial charge in [0.25, 0.3) is 0 Å². The Balaban J connectivity index is 2.15. The number of rotatable bonds is 6. The van der Waals surface area contributed by atoms with Crippen molar-refractivity contribution in [3.8, 4) is 0 Å². The van der Waals surface area contributed by atoms with Crippen molar-refractivity contribution in [2.75, 3.05) is 11.9 Å². The minimum Gasteiger partial charge on any atom is -0.378 e. The molecule has 0 bridgehead atoms. The van der Waals surface area contributed by atoms with Crippen LogP contribution in [0.4, 0.5) is 5.69 Å². The molecular formula is C17H20ClNO. The Morgan fingerprint density at radius 1 is 1.10 bits per heavy atom. The van der Waals surface area contributed by atoms with Gasteiger partial charge in [-0.05, 0) is 31.5 Å². The van der Waals surface area contributed by atoms with E-state index in [9.17, 15) is 0 Å². The molecule has 2 nitrogen and oxygen atoms in total. The summed E-state index contributed by atoms with van der Waals surface area (Å²) in [4.78, 5) is 0. The van der Waals surface area contributed by atoms with Crippen LogP contribution in [0.5, 0.6) is 0 Å². The quantitative estimate of drug-likeness (QED) is 0.803. The van der Waals surface area contributed by atoms with E-state index in [1.54, 1.807) is 0 Å². The van der Waals surface area contributed by atoms with E-state index in [1.807, 2.05) is 43.3 Å². The summed E-state index contributed by atoms with van der Waals surface area (Å²) in [5.74, 6) is 0. The molecule has 0 aliphatic rings. The molecule has 2 aromatic rings. The molecule has 0 amide bonds. The highest BCUT2D eigenvalue weighted by atomic mass is 35.5. The van der Waals surface area contributed by atoms with Crippen LogP contribution in [0.1, 0.15) is 31.0 Å². The zero-order chi connectivity index (χ0) is 14.4. The molecule has 0 aliphatic carbocycles. The summed E-state index contributed by atoms with van der Waals surface area (Å²) in [7, 11) is 0. The Morgan fingerprint density at radius 2 is 1.80 bits per heavy atom. The van der Waals surface area contributed by atoms with Crippen LogP contribution in [0.15, 0.2) is 48.5 Å². The van der Waals surface area contributed by atoms with Crippen molar-refractivity contribution >= 4 is 17.3 Å². The first-order valence-corrected chi connectivity index (χ1v) is 7.26. The van der Waals surface area contributed by atoms with Crippen LogP contribution in [0.3, 0.4) is 0 Å². The van der Waals surface area contributed by atoms with Gasteiger partial charge in [-0.15, -0.1) is 0 Å². The minimum absolute atomic E-state index is 0.145. The molecule has 106 valence electrons. The summed E-state index contributed by atoms with van der Waals surface area (Å²) < 4.78 is 5.51. The zero-order valence-corrected chi connectivity index (χ0v) is 12.7. The third-order valence-electron chi connectivity index (χ3n) is 3.22. The topological polar surface area (TPSA) is 21.3 Å². The lowest BCUT2D eigenvalue weighted by atomic mass is 10.1. The van der Waals surface area contributed by atoms with E-state index < -0.39 is 0 Å². The van der Waals surface area contributed by atoms with Gasteiger partial charge in [-0.25, -0.2) is 0 Å². The Hall–Kier alpha value is -1.51.